The summed E-state index contributed by atoms with van der Waals surface area (Å²) in [5.41, 5.74) is -0.0351. The first-order valence-corrected chi connectivity index (χ1v) is 8.54. The molecule has 1 rings (SSSR count). The largest absolute Gasteiger partial charge is 0.507 e. The second kappa shape index (κ2) is 9.81. The van der Waals surface area contributed by atoms with Gasteiger partial charge in [0.15, 0.2) is 5.78 Å². The Morgan fingerprint density at radius 3 is 2.24 bits per heavy atom. The van der Waals surface area contributed by atoms with E-state index in [4.69, 9.17) is 9.47 Å². The van der Waals surface area contributed by atoms with Crippen LogP contribution in [0.15, 0.2) is 6.07 Å². The Bertz CT molecular complexity index is 648. The van der Waals surface area contributed by atoms with Crippen molar-refractivity contribution in [3.05, 3.63) is 28.3 Å². The van der Waals surface area contributed by atoms with E-state index in [2.05, 4.69) is 6.92 Å². The summed E-state index contributed by atoms with van der Waals surface area (Å²) in [6.07, 6.45) is 4.40. The average Bonchev–Trinajstić information content (AvgIpc) is 2.58. The summed E-state index contributed by atoms with van der Waals surface area (Å²) < 4.78 is 9.65. The SMILES string of the molecule is CCCCCCc1cc(C(C)=O)c(C(=O)OCC)c(C(=O)OC)c1O. The van der Waals surface area contributed by atoms with E-state index < -0.39 is 11.9 Å². The first-order chi connectivity index (χ1) is 11.9. The third-order valence-electron chi connectivity index (χ3n) is 3.93. The second-order valence-corrected chi connectivity index (χ2v) is 5.76. The highest BCUT2D eigenvalue weighted by molar-refractivity contribution is 6.13. The highest BCUT2D eigenvalue weighted by Gasteiger charge is 2.30. The maximum absolute atomic E-state index is 12.3. The molecule has 0 saturated carbocycles. The number of methoxy groups -OCH3 is 1. The monoisotopic (exact) mass is 350 g/mol. The molecule has 0 bridgehead atoms. The summed E-state index contributed by atoms with van der Waals surface area (Å²) in [4.78, 5) is 36.5. The topological polar surface area (TPSA) is 89.9 Å². The lowest BCUT2D eigenvalue weighted by Gasteiger charge is -2.16. The van der Waals surface area contributed by atoms with Gasteiger partial charge >= 0.3 is 11.9 Å². The van der Waals surface area contributed by atoms with Crippen LogP contribution >= 0.6 is 0 Å². The van der Waals surface area contributed by atoms with Crippen molar-refractivity contribution < 1.29 is 29.0 Å². The number of rotatable bonds is 9. The van der Waals surface area contributed by atoms with E-state index in [0.717, 1.165) is 32.8 Å². The molecule has 1 N–H and O–H groups in total. The van der Waals surface area contributed by atoms with Crippen molar-refractivity contribution >= 4 is 17.7 Å². The van der Waals surface area contributed by atoms with Gasteiger partial charge in [-0.2, -0.15) is 0 Å². The van der Waals surface area contributed by atoms with Gasteiger partial charge in [-0.1, -0.05) is 26.2 Å². The van der Waals surface area contributed by atoms with Gasteiger partial charge in [0.25, 0.3) is 0 Å². The molecule has 6 heteroatoms. The van der Waals surface area contributed by atoms with Crippen LogP contribution in [0.25, 0.3) is 0 Å². The molecule has 0 amide bonds. The van der Waals surface area contributed by atoms with Crippen LogP contribution in [0.4, 0.5) is 0 Å². The van der Waals surface area contributed by atoms with Gasteiger partial charge in [-0.25, -0.2) is 9.59 Å². The van der Waals surface area contributed by atoms with Gasteiger partial charge in [0.1, 0.15) is 11.3 Å². The molecule has 1 aromatic carbocycles. The minimum atomic E-state index is -0.876. The smallest absolute Gasteiger partial charge is 0.342 e. The van der Waals surface area contributed by atoms with E-state index in [-0.39, 0.29) is 34.8 Å². The fourth-order valence-electron chi connectivity index (χ4n) is 2.65. The van der Waals surface area contributed by atoms with Crippen molar-refractivity contribution in [1.82, 2.24) is 0 Å². The molecule has 0 atom stereocenters. The average molecular weight is 350 g/mol. The number of hydrogen-bond acceptors (Lipinski definition) is 6. The van der Waals surface area contributed by atoms with Gasteiger partial charge in [-0.15, -0.1) is 0 Å². The molecule has 0 heterocycles. The van der Waals surface area contributed by atoms with Gasteiger partial charge in [0.2, 0.25) is 0 Å². The molecule has 25 heavy (non-hydrogen) atoms. The predicted molar refractivity (Wildman–Crippen MR) is 93.3 cm³/mol. The van der Waals surface area contributed by atoms with E-state index in [1.807, 2.05) is 0 Å². The number of carbonyl (C=O) groups is 3. The summed E-state index contributed by atoms with van der Waals surface area (Å²) in [6.45, 7) is 5.09. The summed E-state index contributed by atoms with van der Waals surface area (Å²) >= 11 is 0. The number of esters is 2. The van der Waals surface area contributed by atoms with Crippen LogP contribution in [0.3, 0.4) is 0 Å². The lowest BCUT2D eigenvalue weighted by atomic mass is 9.91. The van der Waals surface area contributed by atoms with Crippen molar-refractivity contribution in [1.29, 1.82) is 0 Å². The number of aromatic hydroxyl groups is 1. The maximum atomic E-state index is 12.3. The third kappa shape index (κ3) is 5.05. The number of hydrogen-bond donors (Lipinski definition) is 1. The molecular weight excluding hydrogens is 324 g/mol. The van der Waals surface area contributed by atoms with Crippen LogP contribution < -0.4 is 0 Å². The van der Waals surface area contributed by atoms with Crippen LogP contribution in [0.2, 0.25) is 0 Å². The van der Waals surface area contributed by atoms with E-state index >= 15 is 0 Å². The summed E-state index contributed by atoms with van der Waals surface area (Å²) in [5.74, 6) is -2.42. The molecule has 0 aliphatic rings. The second-order valence-electron chi connectivity index (χ2n) is 5.76. The summed E-state index contributed by atoms with van der Waals surface area (Å²) in [5, 5.41) is 10.5. The number of phenolic OH excluding ortho intramolecular Hbond substituents is 1. The molecule has 138 valence electrons. The number of Topliss-reactive ketones (excluding diaryl/α,β-unsaturated/α-hetero) is 1. The van der Waals surface area contributed by atoms with Crippen LogP contribution in [0, 0.1) is 0 Å². The van der Waals surface area contributed by atoms with Crippen molar-refractivity contribution in [2.75, 3.05) is 13.7 Å². The zero-order valence-electron chi connectivity index (χ0n) is 15.3. The van der Waals surface area contributed by atoms with Gasteiger partial charge in [-0.05, 0) is 38.3 Å². The number of carbonyl (C=O) groups excluding carboxylic acids is 3. The number of aryl methyl sites for hydroxylation is 1. The fourth-order valence-corrected chi connectivity index (χ4v) is 2.65. The molecule has 0 saturated heterocycles. The Balaban J connectivity index is 3.49. The zero-order chi connectivity index (χ0) is 19.0. The highest BCUT2D eigenvalue weighted by Crippen LogP contribution is 2.32. The van der Waals surface area contributed by atoms with Gasteiger partial charge in [0, 0.05) is 5.56 Å². The van der Waals surface area contributed by atoms with Crippen LogP contribution in [0.5, 0.6) is 5.75 Å². The molecule has 0 aliphatic heterocycles. The molecule has 0 aliphatic carbocycles. The maximum Gasteiger partial charge on any atom is 0.342 e. The first kappa shape index (κ1) is 20.7. The number of ether oxygens (including phenoxy) is 2. The number of ketones is 1. The number of phenols is 1. The molecule has 0 spiro atoms. The highest BCUT2D eigenvalue weighted by atomic mass is 16.5. The zero-order valence-corrected chi connectivity index (χ0v) is 15.3. The van der Waals surface area contributed by atoms with E-state index in [9.17, 15) is 19.5 Å². The third-order valence-corrected chi connectivity index (χ3v) is 3.93. The summed E-state index contributed by atoms with van der Waals surface area (Å²) in [7, 11) is 1.15. The Kier molecular flexibility index (Phi) is 8.11. The van der Waals surface area contributed by atoms with Crippen molar-refractivity contribution in [2.24, 2.45) is 0 Å². The molecular formula is C19H26O6. The Labute approximate surface area is 148 Å². The van der Waals surface area contributed by atoms with Crippen LogP contribution in [0.1, 0.15) is 83.1 Å². The molecule has 0 aromatic heterocycles. The van der Waals surface area contributed by atoms with Crippen molar-refractivity contribution in [3.63, 3.8) is 0 Å². The van der Waals surface area contributed by atoms with Crippen molar-refractivity contribution in [2.45, 2.75) is 52.9 Å². The Morgan fingerprint density at radius 1 is 1.04 bits per heavy atom. The Hall–Kier alpha value is -2.37. The molecule has 0 fully saturated rings. The molecule has 6 nitrogen and oxygen atoms in total. The van der Waals surface area contributed by atoms with Crippen LogP contribution in [-0.4, -0.2) is 36.5 Å². The normalized spacial score (nSPS) is 10.4. The molecule has 0 radical (unpaired) electrons. The standard InChI is InChI=1S/C19H26O6/c1-5-7-8-9-10-13-11-14(12(3)20)15(19(23)25-6-2)16(17(13)21)18(22)24-4/h11,21H,5-10H2,1-4H3. The summed E-state index contributed by atoms with van der Waals surface area (Å²) in [6, 6.07) is 1.47. The quantitative estimate of drug-likeness (QED) is 0.415. The van der Waals surface area contributed by atoms with E-state index in [1.165, 1.54) is 13.0 Å². The number of unbranched alkanes of at least 4 members (excludes halogenated alkanes) is 3. The molecule has 1 aromatic rings. The fraction of sp³-hybridized carbons (Fsp3) is 0.526. The predicted octanol–water partition coefficient (Wildman–Crippen LogP) is 3.68. The van der Waals surface area contributed by atoms with Gasteiger partial charge in [0.05, 0.1) is 19.3 Å². The number of benzene rings is 1. The van der Waals surface area contributed by atoms with E-state index in [0.29, 0.717) is 12.0 Å². The minimum Gasteiger partial charge on any atom is -0.507 e. The Morgan fingerprint density at radius 2 is 1.72 bits per heavy atom. The lowest BCUT2D eigenvalue weighted by Crippen LogP contribution is -2.18. The minimum absolute atomic E-state index is 0.0575. The van der Waals surface area contributed by atoms with Gasteiger partial charge < -0.3 is 14.6 Å². The lowest BCUT2D eigenvalue weighted by molar-refractivity contribution is 0.0499. The first-order valence-electron chi connectivity index (χ1n) is 8.54. The molecule has 0 unspecified atom stereocenters. The van der Waals surface area contributed by atoms with Gasteiger partial charge in [-0.3, -0.25) is 4.79 Å². The van der Waals surface area contributed by atoms with Crippen molar-refractivity contribution in [3.8, 4) is 5.75 Å². The van der Waals surface area contributed by atoms with E-state index in [1.54, 1.807) is 6.92 Å². The van der Waals surface area contributed by atoms with Crippen LogP contribution in [-0.2, 0) is 15.9 Å².